The van der Waals surface area contributed by atoms with Crippen LogP contribution in [0.4, 0.5) is 0 Å². The SMILES string of the molecule is CCC(C)(N)Cc1ccc(C(C)(C)C)cc1. The van der Waals surface area contributed by atoms with Crippen LogP contribution in [0.1, 0.15) is 52.2 Å². The van der Waals surface area contributed by atoms with Crippen LogP contribution in [-0.4, -0.2) is 5.54 Å². The van der Waals surface area contributed by atoms with Gasteiger partial charge < -0.3 is 5.73 Å². The van der Waals surface area contributed by atoms with Gasteiger partial charge in [0.2, 0.25) is 0 Å². The summed E-state index contributed by atoms with van der Waals surface area (Å²) in [6.07, 6.45) is 1.96. The van der Waals surface area contributed by atoms with Gasteiger partial charge in [-0.1, -0.05) is 52.0 Å². The van der Waals surface area contributed by atoms with Crippen LogP contribution in [0.15, 0.2) is 24.3 Å². The molecular weight excluding hydrogens is 194 g/mol. The van der Waals surface area contributed by atoms with Gasteiger partial charge in [-0.15, -0.1) is 0 Å². The van der Waals surface area contributed by atoms with Crippen molar-refractivity contribution in [2.45, 2.75) is 58.4 Å². The second-order valence-corrected chi connectivity index (χ2v) is 6.13. The molecule has 0 aromatic heterocycles. The van der Waals surface area contributed by atoms with E-state index in [0.717, 1.165) is 12.8 Å². The summed E-state index contributed by atoms with van der Waals surface area (Å²) in [5.41, 5.74) is 9.04. The average Bonchev–Trinajstić information content (AvgIpc) is 2.16. The van der Waals surface area contributed by atoms with Gasteiger partial charge in [0.25, 0.3) is 0 Å². The monoisotopic (exact) mass is 219 g/mol. The van der Waals surface area contributed by atoms with E-state index >= 15 is 0 Å². The normalized spacial score (nSPS) is 15.9. The Labute approximate surface area is 100 Å². The van der Waals surface area contributed by atoms with E-state index in [1.165, 1.54) is 11.1 Å². The van der Waals surface area contributed by atoms with Gasteiger partial charge in [0.05, 0.1) is 0 Å². The van der Waals surface area contributed by atoms with Crippen molar-refractivity contribution in [3.63, 3.8) is 0 Å². The second-order valence-electron chi connectivity index (χ2n) is 6.13. The Hall–Kier alpha value is -0.820. The molecule has 0 aliphatic carbocycles. The van der Waals surface area contributed by atoms with Crippen LogP contribution in [0.5, 0.6) is 0 Å². The van der Waals surface area contributed by atoms with Crippen molar-refractivity contribution in [1.82, 2.24) is 0 Å². The van der Waals surface area contributed by atoms with Crippen molar-refractivity contribution in [1.29, 1.82) is 0 Å². The Bertz CT molecular complexity index is 327. The van der Waals surface area contributed by atoms with Crippen molar-refractivity contribution in [2.24, 2.45) is 5.73 Å². The predicted molar refractivity (Wildman–Crippen MR) is 71.7 cm³/mol. The van der Waals surface area contributed by atoms with Gasteiger partial charge >= 0.3 is 0 Å². The van der Waals surface area contributed by atoms with Crippen LogP contribution < -0.4 is 5.73 Å². The van der Waals surface area contributed by atoms with E-state index in [1.54, 1.807) is 0 Å². The Balaban J connectivity index is 2.80. The van der Waals surface area contributed by atoms with E-state index in [4.69, 9.17) is 5.73 Å². The molecule has 0 saturated carbocycles. The van der Waals surface area contributed by atoms with E-state index in [0.29, 0.717) is 0 Å². The third kappa shape index (κ3) is 3.64. The van der Waals surface area contributed by atoms with E-state index in [2.05, 4.69) is 58.9 Å². The number of rotatable bonds is 3. The Kier molecular flexibility index (Phi) is 3.80. The van der Waals surface area contributed by atoms with Crippen molar-refractivity contribution in [3.05, 3.63) is 35.4 Å². The van der Waals surface area contributed by atoms with Crippen LogP contribution in [0, 0.1) is 0 Å². The summed E-state index contributed by atoms with van der Waals surface area (Å²) in [7, 11) is 0. The zero-order valence-corrected chi connectivity index (χ0v) is 11.3. The zero-order valence-electron chi connectivity index (χ0n) is 11.3. The molecule has 0 amide bonds. The largest absolute Gasteiger partial charge is 0.325 e. The first-order valence-electron chi connectivity index (χ1n) is 6.13. The van der Waals surface area contributed by atoms with Gasteiger partial charge in [-0.25, -0.2) is 0 Å². The predicted octanol–water partition coefficient (Wildman–Crippen LogP) is 3.65. The highest BCUT2D eigenvalue weighted by molar-refractivity contribution is 5.28. The van der Waals surface area contributed by atoms with E-state index in [-0.39, 0.29) is 11.0 Å². The molecule has 1 nitrogen and oxygen atoms in total. The fraction of sp³-hybridized carbons (Fsp3) is 0.600. The fourth-order valence-electron chi connectivity index (χ4n) is 1.71. The summed E-state index contributed by atoms with van der Waals surface area (Å²) in [5, 5.41) is 0. The third-order valence-electron chi connectivity index (χ3n) is 3.24. The molecule has 1 rings (SSSR count). The maximum atomic E-state index is 6.17. The Morgan fingerprint density at radius 2 is 1.50 bits per heavy atom. The van der Waals surface area contributed by atoms with E-state index in [1.807, 2.05) is 0 Å². The van der Waals surface area contributed by atoms with Crippen LogP contribution in [-0.2, 0) is 11.8 Å². The lowest BCUT2D eigenvalue weighted by molar-refractivity contribution is 0.450. The summed E-state index contributed by atoms with van der Waals surface area (Å²) < 4.78 is 0. The summed E-state index contributed by atoms with van der Waals surface area (Å²) in [6.45, 7) is 11.0. The molecule has 0 spiro atoms. The molecule has 16 heavy (non-hydrogen) atoms. The van der Waals surface area contributed by atoms with Crippen LogP contribution in [0.2, 0.25) is 0 Å². The highest BCUT2D eigenvalue weighted by atomic mass is 14.7. The van der Waals surface area contributed by atoms with Crippen molar-refractivity contribution >= 4 is 0 Å². The Morgan fingerprint density at radius 3 is 1.88 bits per heavy atom. The molecule has 0 saturated heterocycles. The minimum atomic E-state index is -0.0801. The molecule has 1 aromatic rings. The van der Waals surface area contributed by atoms with Crippen LogP contribution in [0.3, 0.4) is 0 Å². The molecule has 0 radical (unpaired) electrons. The molecule has 0 fully saturated rings. The number of nitrogens with two attached hydrogens (primary N) is 1. The van der Waals surface area contributed by atoms with Gasteiger partial charge in [0.1, 0.15) is 0 Å². The van der Waals surface area contributed by atoms with Gasteiger partial charge in [0, 0.05) is 5.54 Å². The first kappa shape index (κ1) is 13.2. The standard InChI is InChI=1S/C15H25N/c1-6-15(5,16)11-12-7-9-13(10-8-12)14(2,3)4/h7-10H,6,11,16H2,1-5H3. The molecular formula is C15H25N. The maximum absolute atomic E-state index is 6.17. The first-order valence-corrected chi connectivity index (χ1v) is 6.13. The quantitative estimate of drug-likeness (QED) is 0.825. The summed E-state index contributed by atoms with van der Waals surface area (Å²) in [4.78, 5) is 0. The fourth-order valence-corrected chi connectivity index (χ4v) is 1.71. The number of benzene rings is 1. The molecule has 0 heterocycles. The topological polar surface area (TPSA) is 26.0 Å². The minimum absolute atomic E-state index is 0.0801. The van der Waals surface area contributed by atoms with Crippen LogP contribution in [0.25, 0.3) is 0 Å². The maximum Gasteiger partial charge on any atom is 0.0163 e. The minimum Gasteiger partial charge on any atom is -0.325 e. The molecule has 1 heteroatoms. The molecule has 1 atom stereocenters. The van der Waals surface area contributed by atoms with Crippen molar-refractivity contribution < 1.29 is 0 Å². The lowest BCUT2D eigenvalue weighted by atomic mass is 9.85. The highest BCUT2D eigenvalue weighted by Gasteiger charge is 2.17. The van der Waals surface area contributed by atoms with E-state index in [9.17, 15) is 0 Å². The molecule has 2 N–H and O–H groups in total. The van der Waals surface area contributed by atoms with Crippen molar-refractivity contribution in [2.75, 3.05) is 0 Å². The van der Waals surface area contributed by atoms with Gasteiger partial charge in [-0.05, 0) is 36.3 Å². The van der Waals surface area contributed by atoms with Crippen molar-refractivity contribution in [3.8, 4) is 0 Å². The zero-order chi connectivity index (χ0) is 12.4. The highest BCUT2D eigenvalue weighted by Crippen LogP contribution is 2.23. The Morgan fingerprint density at radius 1 is 1.00 bits per heavy atom. The number of hydrogen-bond donors (Lipinski definition) is 1. The average molecular weight is 219 g/mol. The first-order chi connectivity index (χ1) is 7.24. The third-order valence-corrected chi connectivity index (χ3v) is 3.24. The van der Waals surface area contributed by atoms with Gasteiger partial charge in [-0.3, -0.25) is 0 Å². The summed E-state index contributed by atoms with van der Waals surface area (Å²) in [5.74, 6) is 0. The lowest BCUT2D eigenvalue weighted by Gasteiger charge is -2.24. The number of hydrogen-bond acceptors (Lipinski definition) is 1. The smallest absolute Gasteiger partial charge is 0.0163 e. The molecule has 0 aliphatic rings. The van der Waals surface area contributed by atoms with Crippen LogP contribution >= 0.6 is 0 Å². The summed E-state index contributed by atoms with van der Waals surface area (Å²) >= 11 is 0. The second kappa shape index (κ2) is 4.58. The molecule has 0 aliphatic heterocycles. The molecule has 1 unspecified atom stereocenters. The van der Waals surface area contributed by atoms with E-state index < -0.39 is 0 Å². The van der Waals surface area contributed by atoms with Gasteiger partial charge in [-0.2, -0.15) is 0 Å². The lowest BCUT2D eigenvalue weighted by Crippen LogP contribution is -2.37. The molecule has 90 valence electrons. The molecule has 1 aromatic carbocycles. The molecule has 0 bridgehead atoms. The van der Waals surface area contributed by atoms with Gasteiger partial charge in [0.15, 0.2) is 0 Å². The summed E-state index contributed by atoms with van der Waals surface area (Å²) in [6, 6.07) is 8.87.